The third-order valence-corrected chi connectivity index (χ3v) is 5.96. The van der Waals surface area contributed by atoms with Gasteiger partial charge in [0.2, 0.25) is 23.6 Å². The molecule has 35 heavy (non-hydrogen) atoms. The third kappa shape index (κ3) is 7.49. The summed E-state index contributed by atoms with van der Waals surface area (Å²) in [6.07, 6.45) is 0. The van der Waals surface area contributed by atoms with E-state index in [1.807, 2.05) is 13.8 Å². The van der Waals surface area contributed by atoms with Crippen LogP contribution in [0.5, 0.6) is 0 Å². The van der Waals surface area contributed by atoms with Gasteiger partial charge >= 0.3 is 0 Å². The molecular weight excluding hydrogens is 589 g/mol. The van der Waals surface area contributed by atoms with E-state index in [1.165, 1.54) is 0 Å². The third-order valence-electron chi connectivity index (χ3n) is 4.99. The van der Waals surface area contributed by atoms with Crippen LogP contribution in [0.4, 0.5) is 0 Å². The molecule has 0 radical (unpaired) electrons. The van der Waals surface area contributed by atoms with Crippen molar-refractivity contribution in [3.63, 3.8) is 0 Å². The van der Waals surface area contributed by atoms with Gasteiger partial charge in [-0.15, -0.1) is 20.4 Å². The van der Waals surface area contributed by atoms with Gasteiger partial charge in [-0.05, 0) is 33.1 Å². The largest absolute Gasteiger partial charge is 0.420 e. The van der Waals surface area contributed by atoms with Crippen molar-refractivity contribution in [1.82, 2.24) is 31.0 Å². The average molecular weight is 613 g/mol. The van der Waals surface area contributed by atoms with Crippen LogP contribution in [-0.4, -0.2) is 45.3 Å². The molecule has 2 amide bonds. The highest BCUT2D eigenvalue weighted by atomic mass is 35.6. The van der Waals surface area contributed by atoms with Crippen molar-refractivity contribution in [2.45, 2.75) is 60.0 Å². The second-order valence-electron chi connectivity index (χ2n) is 9.60. The number of carbonyl (C=O) groups excluding carboxylic acids is 2. The van der Waals surface area contributed by atoms with Crippen LogP contribution in [0.15, 0.2) is 8.83 Å². The number of halogens is 6. The maximum Gasteiger partial charge on any atom is 0.268 e. The normalized spacial score (nSPS) is 13.6. The molecule has 2 heterocycles. The maximum atomic E-state index is 12.9. The van der Waals surface area contributed by atoms with Gasteiger partial charge in [0.25, 0.3) is 19.4 Å². The van der Waals surface area contributed by atoms with Gasteiger partial charge in [-0.2, -0.15) is 0 Å². The molecule has 0 aromatic carbocycles. The zero-order valence-electron chi connectivity index (χ0n) is 19.6. The molecule has 2 aromatic heterocycles. The van der Waals surface area contributed by atoms with Gasteiger partial charge in [-0.3, -0.25) is 9.59 Å². The molecule has 2 rings (SSSR count). The van der Waals surface area contributed by atoms with Gasteiger partial charge in [-0.1, -0.05) is 83.5 Å². The first kappa shape index (κ1) is 30.2. The van der Waals surface area contributed by atoms with Crippen LogP contribution in [0.25, 0.3) is 0 Å². The Hall–Kier alpha value is -1.04. The number of rotatable bonds is 8. The standard InChI is InChI=1S/C19H24Cl6N6O4/c1-15(2,7-26-9(32)16(3,4)11-28-30-13(34-11)18(20,21)22)8-27-10(33)17(5,6)12-29-31-14(35-12)19(23,24)25/h7-8H2,1-6H3,(H,26,32)(H,27,33). The first-order chi connectivity index (χ1) is 15.7. The Labute approximate surface area is 232 Å². The molecule has 0 unspecified atom stereocenters. The van der Waals surface area contributed by atoms with Crippen LogP contribution in [0.2, 0.25) is 0 Å². The van der Waals surface area contributed by atoms with Crippen molar-refractivity contribution in [1.29, 1.82) is 0 Å². The van der Waals surface area contributed by atoms with E-state index in [1.54, 1.807) is 27.7 Å². The fourth-order valence-corrected chi connectivity index (χ4v) is 2.98. The highest BCUT2D eigenvalue weighted by Crippen LogP contribution is 2.39. The second kappa shape index (κ2) is 10.4. The van der Waals surface area contributed by atoms with Crippen molar-refractivity contribution >= 4 is 81.4 Å². The van der Waals surface area contributed by atoms with Crippen molar-refractivity contribution < 1.29 is 18.4 Å². The molecule has 0 saturated carbocycles. The van der Waals surface area contributed by atoms with Crippen molar-refractivity contribution in [2.75, 3.05) is 13.1 Å². The Morgan fingerprint density at radius 1 is 0.629 bits per heavy atom. The average Bonchev–Trinajstić information content (AvgIpc) is 3.40. The van der Waals surface area contributed by atoms with Gasteiger partial charge in [0.05, 0.1) is 0 Å². The predicted molar refractivity (Wildman–Crippen MR) is 133 cm³/mol. The van der Waals surface area contributed by atoms with E-state index in [0.717, 1.165) is 0 Å². The minimum atomic E-state index is -1.91. The fraction of sp³-hybridized carbons (Fsp3) is 0.684. The zero-order chi connectivity index (χ0) is 27.0. The molecule has 2 N–H and O–H groups in total. The predicted octanol–water partition coefficient (Wildman–Crippen LogP) is 4.62. The Morgan fingerprint density at radius 2 is 0.914 bits per heavy atom. The molecule has 0 aliphatic heterocycles. The lowest BCUT2D eigenvalue weighted by molar-refractivity contribution is -0.127. The summed E-state index contributed by atoms with van der Waals surface area (Å²) in [4.78, 5) is 25.7. The molecule has 0 fully saturated rings. The number of carbonyl (C=O) groups is 2. The minimum Gasteiger partial charge on any atom is -0.420 e. The first-order valence-corrected chi connectivity index (χ1v) is 12.3. The fourth-order valence-electron chi connectivity index (χ4n) is 2.52. The van der Waals surface area contributed by atoms with Crippen LogP contribution < -0.4 is 10.6 Å². The van der Waals surface area contributed by atoms with Crippen LogP contribution in [0.1, 0.15) is 65.1 Å². The molecule has 0 aliphatic carbocycles. The smallest absolute Gasteiger partial charge is 0.268 e. The lowest BCUT2D eigenvalue weighted by Crippen LogP contribution is -2.49. The van der Waals surface area contributed by atoms with Crippen molar-refractivity contribution in [2.24, 2.45) is 5.41 Å². The van der Waals surface area contributed by atoms with Crippen LogP contribution in [0, 0.1) is 5.41 Å². The number of alkyl halides is 6. The second-order valence-corrected chi connectivity index (χ2v) is 14.2. The van der Waals surface area contributed by atoms with E-state index in [9.17, 15) is 9.59 Å². The van der Waals surface area contributed by atoms with Crippen LogP contribution in [0.3, 0.4) is 0 Å². The number of nitrogens with zero attached hydrogens (tertiary/aromatic N) is 4. The van der Waals surface area contributed by atoms with E-state index < -0.39 is 35.6 Å². The Bertz CT molecular complexity index is 988. The van der Waals surface area contributed by atoms with Crippen LogP contribution >= 0.6 is 69.6 Å². The molecule has 0 atom stereocenters. The van der Waals surface area contributed by atoms with Crippen molar-refractivity contribution in [3.05, 3.63) is 23.6 Å². The molecule has 0 aliphatic rings. The molecule has 10 nitrogen and oxygen atoms in total. The molecule has 0 bridgehead atoms. The highest BCUT2D eigenvalue weighted by Gasteiger charge is 2.41. The number of hydrogen-bond donors (Lipinski definition) is 2. The minimum absolute atomic E-state index is 0.0158. The van der Waals surface area contributed by atoms with Gasteiger partial charge in [0.15, 0.2) is 0 Å². The lowest BCUT2D eigenvalue weighted by Gasteiger charge is -2.29. The summed E-state index contributed by atoms with van der Waals surface area (Å²) in [6, 6.07) is 0. The van der Waals surface area contributed by atoms with E-state index in [2.05, 4.69) is 31.0 Å². The summed E-state index contributed by atoms with van der Waals surface area (Å²) < 4.78 is 6.92. The SMILES string of the molecule is CC(C)(CNC(=O)C(C)(C)c1nnc(C(Cl)(Cl)Cl)o1)CNC(=O)C(C)(C)c1nnc(C(Cl)(Cl)Cl)o1. The maximum absolute atomic E-state index is 12.9. The molecule has 16 heteroatoms. The Balaban J connectivity index is 1.98. The summed E-state index contributed by atoms with van der Waals surface area (Å²) in [5.41, 5.74) is -2.96. The number of hydrogen-bond acceptors (Lipinski definition) is 8. The first-order valence-electron chi connectivity index (χ1n) is 10.1. The summed E-state index contributed by atoms with van der Waals surface area (Å²) >= 11 is 34.5. The zero-order valence-corrected chi connectivity index (χ0v) is 24.1. The highest BCUT2D eigenvalue weighted by molar-refractivity contribution is 6.66. The van der Waals surface area contributed by atoms with Crippen molar-refractivity contribution in [3.8, 4) is 0 Å². The van der Waals surface area contributed by atoms with E-state index in [-0.39, 0.29) is 36.7 Å². The Morgan fingerprint density at radius 3 is 1.17 bits per heavy atom. The lowest BCUT2D eigenvalue weighted by atomic mass is 9.88. The number of amides is 2. The molecule has 0 saturated heterocycles. The Kier molecular flexibility index (Phi) is 8.95. The summed E-state index contributed by atoms with van der Waals surface area (Å²) in [7, 11) is 0. The van der Waals surface area contributed by atoms with Gasteiger partial charge < -0.3 is 19.5 Å². The van der Waals surface area contributed by atoms with Gasteiger partial charge in [0.1, 0.15) is 10.8 Å². The molecule has 2 aromatic rings. The summed E-state index contributed by atoms with van der Waals surface area (Å²) in [6.45, 7) is 10.5. The van der Waals surface area contributed by atoms with E-state index in [4.69, 9.17) is 78.4 Å². The number of aromatic nitrogens is 4. The monoisotopic (exact) mass is 610 g/mol. The van der Waals surface area contributed by atoms with E-state index >= 15 is 0 Å². The number of nitrogens with one attached hydrogen (secondary N) is 2. The van der Waals surface area contributed by atoms with Gasteiger partial charge in [0, 0.05) is 13.1 Å². The summed E-state index contributed by atoms with van der Waals surface area (Å²) in [5.74, 6) is -1.32. The van der Waals surface area contributed by atoms with Crippen LogP contribution in [-0.2, 0) is 28.0 Å². The van der Waals surface area contributed by atoms with Gasteiger partial charge in [-0.25, -0.2) is 0 Å². The van der Waals surface area contributed by atoms with E-state index in [0.29, 0.717) is 0 Å². The molecular formula is C19H24Cl6N6O4. The molecule has 196 valence electrons. The summed E-state index contributed by atoms with van der Waals surface area (Å²) in [5, 5.41) is 20.6. The quantitative estimate of drug-likeness (QED) is 0.412. The topological polar surface area (TPSA) is 136 Å². The molecule has 0 spiro atoms.